The van der Waals surface area contributed by atoms with Crippen molar-refractivity contribution in [3.63, 3.8) is 0 Å². The fraction of sp³-hybridized carbons (Fsp3) is 0.231. The molecular formula is C26H28N6O4S. The number of sulfone groups is 1. The van der Waals surface area contributed by atoms with E-state index in [1.165, 1.54) is 12.1 Å². The molecule has 3 heterocycles. The number of aliphatic carboxylic acids is 1. The normalized spacial score (nSPS) is 13.3. The quantitative estimate of drug-likeness (QED) is 0.286. The molecule has 0 fully saturated rings. The second-order valence-corrected chi connectivity index (χ2v) is 10.9. The second kappa shape index (κ2) is 10.9. The smallest absolute Gasteiger partial charge is 0.326 e. The van der Waals surface area contributed by atoms with Crippen LogP contribution in [0.1, 0.15) is 36.2 Å². The summed E-state index contributed by atoms with van der Waals surface area (Å²) in [6.45, 7) is 3.53. The highest BCUT2D eigenvalue weighted by Gasteiger charge is 2.30. The average Bonchev–Trinajstić information content (AvgIpc) is 3.42. The van der Waals surface area contributed by atoms with Gasteiger partial charge in [0.15, 0.2) is 5.37 Å². The lowest BCUT2D eigenvalue weighted by Crippen LogP contribution is -2.34. The number of carboxylic acid groups (broad SMARTS) is 1. The molecule has 0 aliphatic rings. The molecule has 0 aliphatic heterocycles. The Labute approximate surface area is 215 Å². The van der Waals surface area contributed by atoms with Gasteiger partial charge in [-0.15, -0.1) is 0 Å². The molecule has 4 rings (SSSR count). The van der Waals surface area contributed by atoms with Crippen molar-refractivity contribution < 1.29 is 18.3 Å². The highest BCUT2D eigenvalue weighted by atomic mass is 32.2. The van der Waals surface area contributed by atoms with E-state index in [2.05, 4.69) is 20.4 Å². The summed E-state index contributed by atoms with van der Waals surface area (Å²) in [5.74, 6) is -1.02. The Morgan fingerprint density at radius 3 is 2.46 bits per heavy atom. The Bertz CT molecular complexity index is 1470. The van der Waals surface area contributed by atoms with Crippen LogP contribution >= 0.6 is 0 Å². The zero-order valence-electron chi connectivity index (χ0n) is 20.4. The number of hydrogen-bond donors (Lipinski definition) is 3. The van der Waals surface area contributed by atoms with Crippen LogP contribution in [0.15, 0.2) is 84.1 Å². The van der Waals surface area contributed by atoms with Crippen LogP contribution in [-0.4, -0.2) is 45.3 Å². The van der Waals surface area contributed by atoms with Gasteiger partial charge in [-0.05, 0) is 53.9 Å². The van der Waals surface area contributed by atoms with E-state index >= 15 is 0 Å². The van der Waals surface area contributed by atoms with Gasteiger partial charge >= 0.3 is 5.97 Å². The van der Waals surface area contributed by atoms with Crippen molar-refractivity contribution in [1.29, 1.82) is 0 Å². The number of aromatic nitrogens is 4. The van der Waals surface area contributed by atoms with Crippen LogP contribution in [0, 0.1) is 5.92 Å². The first kappa shape index (κ1) is 26.0. The van der Waals surface area contributed by atoms with Gasteiger partial charge in [0.2, 0.25) is 9.84 Å². The number of carboxylic acids is 1. The van der Waals surface area contributed by atoms with Crippen molar-refractivity contribution in [2.24, 2.45) is 11.7 Å². The molecule has 0 amide bonds. The Balaban J connectivity index is 1.59. The third-order valence-electron chi connectivity index (χ3n) is 5.86. The van der Waals surface area contributed by atoms with E-state index in [1.54, 1.807) is 49.1 Å². The van der Waals surface area contributed by atoms with Gasteiger partial charge in [0, 0.05) is 25.0 Å². The van der Waals surface area contributed by atoms with Crippen LogP contribution in [0.3, 0.4) is 0 Å². The maximum Gasteiger partial charge on any atom is 0.326 e. The molecule has 4 aromatic rings. The van der Waals surface area contributed by atoms with Crippen LogP contribution in [0.5, 0.6) is 0 Å². The van der Waals surface area contributed by atoms with Crippen LogP contribution in [0.25, 0.3) is 5.69 Å². The third kappa shape index (κ3) is 5.84. The summed E-state index contributed by atoms with van der Waals surface area (Å²) in [4.78, 5) is 20.2. The summed E-state index contributed by atoms with van der Waals surface area (Å²) in [5, 5.41) is 15.0. The molecule has 0 radical (unpaired) electrons. The first-order valence-corrected chi connectivity index (χ1v) is 13.2. The minimum atomic E-state index is -4.07. The van der Waals surface area contributed by atoms with Crippen molar-refractivity contribution in [2.45, 2.75) is 36.6 Å². The van der Waals surface area contributed by atoms with E-state index in [-0.39, 0.29) is 28.7 Å². The van der Waals surface area contributed by atoms with Gasteiger partial charge in [-0.2, -0.15) is 5.10 Å². The molecule has 0 aliphatic carbocycles. The minimum absolute atomic E-state index is 0.0180. The Hall–Kier alpha value is -4.09. The van der Waals surface area contributed by atoms with Crippen molar-refractivity contribution in [1.82, 2.24) is 19.7 Å². The van der Waals surface area contributed by atoms with Gasteiger partial charge in [-0.25, -0.2) is 22.9 Å². The number of carbonyl (C=O) groups is 1. The molecule has 2 unspecified atom stereocenters. The molecule has 0 saturated heterocycles. The molecule has 0 bridgehead atoms. The fourth-order valence-corrected chi connectivity index (χ4v) is 5.30. The maximum absolute atomic E-state index is 13.6. The van der Waals surface area contributed by atoms with Gasteiger partial charge in [0.1, 0.15) is 11.9 Å². The lowest BCUT2D eigenvalue weighted by atomic mass is 10.1. The number of benzene rings is 1. The van der Waals surface area contributed by atoms with Gasteiger partial charge in [-0.1, -0.05) is 32.0 Å². The molecule has 4 N–H and O–H groups in total. The zero-order valence-corrected chi connectivity index (χ0v) is 21.2. The number of nitrogens with two attached hydrogens (primary N) is 1. The fourth-order valence-electron chi connectivity index (χ4n) is 3.86. The van der Waals surface area contributed by atoms with E-state index in [0.29, 0.717) is 5.69 Å². The standard InChI is InChI=1S/C26H28N6O4S/c1-17(2)24(26(33)34)31-23-8-3-6-20(30-23)25(27)37(35,36)22-7-4-13-28-21(22)16-18-9-11-19(12-10-18)32-15-5-14-29-32/h3-15,17,24-25H,16,27H2,1-2H3,(H,30,31)(H,33,34). The first-order valence-electron chi connectivity index (χ1n) is 11.7. The second-order valence-electron chi connectivity index (χ2n) is 8.86. The molecule has 0 spiro atoms. The number of anilines is 1. The summed E-state index contributed by atoms with van der Waals surface area (Å²) >= 11 is 0. The summed E-state index contributed by atoms with van der Waals surface area (Å²) in [6, 6.07) is 16.2. The molecule has 2 atom stereocenters. The average molecular weight is 521 g/mol. The summed E-state index contributed by atoms with van der Waals surface area (Å²) < 4.78 is 28.9. The predicted octanol–water partition coefficient (Wildman–Crippen LogP) is 3.21. The number of nitrogens with zero attached hydrogens (tertiary/aromatic N) is 4. The predicted molar refractivity (Wildman–Crippen MR) is 139 cm³/mol. The molecule has 192 valence electrons. The van der Waals surface area contributed by atoms with E-state index in [4.69, 9.17) is 5.73 Å². The molecule has 37 heavy (non-hydrogen) atoms. The molecular weight excluding hydrogens is 492 g/mol. The zero-order chi connectivity index (χ0) is 26.6. The maximum atomic E-state index is 13.6. The summed E-state index contributed by atoms with van der Waals surface area (Å²) in [6.07, 6.45) is 5.35. The van der Waals surface area contributed by atoms with Crippen LogP contribution in [0.4, 0.5) is 5.82 Å². The lowest BCUT2D eigenvalue weighted by molar-refractivity contribution is -0.138. The molecule has 3 aromatic heterocycles. The summed E-state index contributed by atoms with van der Waals surface area (Å²) in [5.41, 5.74) is 8.44. The first-order chi connectivity index (χ1) is 17.7. The summed E-state index contributed by atoms with van der Waals surface area (Å²) in [7, 11) is -4.07. The van der Waals surface area contributed by atoms with E-state index in [0.717, 1.165) is 11.3 Å². The van der Waals surface area contributed by atoms with E-state index in [1.807, 2.05) is 36.5 Å². The van der Waals surface area contributed by atoms with Gasteiger partial charge in [0.25, 0.3) is 0 Å². The van der Waals surface area contributed by atoms with Crippen molar-refractivity contribution in [2.75, 3.05) is 5.32 Å². The van der Waals surface area contributed by atoms with E-state index < -0.39 is 27.2 Å². The van der Waals surface area contributed by atoms with Gasteiger partial charge < -0.3 is 16.2 Å². The Morgan fingerprint density at radius 2 is 1.81 bits per heavy atom. The number of nitrogens with one attached hydrogen (secondary N) is 1. The monoisotopic (exact) mass is 520 g/mol. The number of pyridine rings is 2. The van der Waals surface area contributed by atoms with Crippen LogP contribution < -0.4 is 11.1 Å². The van der Waals surface area contributed by atoms with Gasteiger partial charge in [0.05, 0.1) is 22.0 Å². The van der Waals surface area contributed by atoms with Crippen LogP contribution in [0.2, 0.25) is 0 Å². The molecule has 11 heteroatoms. The molecule has 1 aromatic carbocycles. The lowest BCUT2D eigenvalue weighted by Gasteiger charge is -2.20. The van der Waals surface area contributed by atoms with Gasteiger partial charge in [-0.3, -0.25) is 4.98 Å². The number of rotatable bonds is 10. The Morgan fingerprint density at radius 1 is 1.05 bits per heavy atom. The minimum Gasteiger partial charge on any atom is -0.480 e. The molecule has 0 saturated carbocycles. The number of hydrogen-bond acceptors (Lipinski definition) is 8. The van der Waals surface area contributed by atoms with Crippen LogP contribution in [-0.2, 0) is 21.1 Å². The third-order valence-corrected chi connectivity index (χ3v) is 7.76. The van der Waals surface area contributed by atoms with Crippen molar-refractivity contribution in [3.8, 4) is 5.69 Å². The highest BCUT2D eigenvalue weighted by Crippen LogP contribution is 2.28. The van der Waals surface area contributed by atoms with Crippen molar-refractivity contribution in [3.05, 3.63) is 96.2 Å². The highest BCUT2D eigenvalue weighted by molar-refractivity contribution is 7.91. The van der Waals surface area contributed by atoms with E-state index in [9.17, 15) is 18.3 Å². The molecule has 10 nitrogen and oxygen atoms in total. The van der Waals surface area contributed by atoms with Crippen molar-refractivity contribution >= 4 is 21.6 Å². The SMILES string of the molecule is CC(C)C(Nc1cccc(C(N)S(=O)(=O)c2cccnc2Cc2ccc(-n3cccn3)cc2)n1)C(=O)O. The largest absolute Gasteiger partial charge is 0.480 e. The Kier molecular flexibility index (Phi) is 7.65. The topological polar surface area (TPSA) is 153 Å².